The van der Waals surface area contributed by atoms with E-state index in [2.05, 4.69) is 14.5 Å². The van der Waals surface area contributed by atoms with Crippen molar-refractivity contribution in [3.05, 3.63) is 34.3 Å². The molecular weight excluding hydrogens is 206 g/mol. The van der Waals surface area contributed by atoms with Gasteiger partial charge in [-0.15, -0.1) is 11.3 Å². The van der Waals surface area contributed by atoms with Crippen molar-refractivity contribution in [1.82, 2.24) is 14.5 Å². The fourth-order valence-electron chi connectivity index (χ4n) is 2.14. The molecule has 1 aliphatic rings. The van der Waals surface area contributed by atoms with E-state index in [0.29, 0.717) is 0 Å². The number of hydrogen-bond acceptors (Lipinski definition) is 3. The van der Waals surface area contributed by atoms with E-state index in [1.807, 2.05) is 17.9 Å². The lowest BCUT2D eigenvalue weighted by Gasteiger charge is -2.12. The van der Waals surface area contributed by atoms with Crippen LogP contribution < -0.4 is 0 Å². The van der Waals surface area contributed by atoms with Crippen LogP contribution in [0.2, 0.25) is 0 Å². The summed E-state index contributed by atoms with van der Waals surface area (Å²) in [4.78, 5) is 8.79. The molecule has 0 unspecified atom stereocenters. The van der Waals surface area contributed by atoms with Crippen LogP contribution in [0.25, 0.3) is 0 Å². The molecule has 3 nitrogen and oxygen atoms in total. The molecule has 0 spiro atoms. The molecule has 0 aliphatic heterocycles. The number of fused-ring (bicyclic) bond motifs is 1. The quantitative estimate of drug-likeness (QED) is 0.775. The van der Waals surface area contributed by atoms with E-state index in [9.17, 15) is 0 Å². The molecular formula is C11H13N3S. The van der Waals surface area contributed by atoms with Gasteiger partial charge in [-0.05, 0) is 25.7 Å². The lowest BCUT2D eigenvalue weighted by atomic mass is 10.0. The largest absolute Gasteiger partial charge is 0.327 e. The molecule has 0 radical (unpaired) electrons. The predicted molar refractivity (Wildman–Crippen MR) is 60.1 cm³/mol. The van der Waals surface area contributed by atoms with Crippen LogP contribution in [0.4, 0.5) is 0 Å². The van der Waals surface area contributed by atoms with E-state index in [1.54, 1.807) is 11.3 Å². The Balaban J connectivity index is 1.89. The smallest absolute Gasteiger partial charge is 0.112 e. The molecule has 2 heterocycles. The average Bonchev–Trinajstić information content (AvgIpc) is 2.89. The molecule has 2 aromatic rings. The molecule has 3 rings (SSSR count). The number of imidazole rings is 1. The van der Waals surface area contributed by atoms with Crippen molar-refractivity contribution in [2.24, 2.45) is 0 Å². The van der Waals surface area contributed by atoms with Crippen molar-refractivity contribution in [2.45, 2.75) is 32.2 Å². The van der Waals surface area contributed by atoms with E-state index in [-0.39, 0.29) is 0 Å². The van der Waals surface area contributed by atoms with Gasteiger partial charge in [-0.1, -0.05) is 0 Å². The second-order valence-electron chi connectivity index (χ2n) is 3.90. The normalized spacial score (nSPS) is 15.2. The summed E-state index contributed by atoms with van der Waals surface area (Å²) in [6.45, 7) is 0.889. The van der Waals surface area contributed by atoms with Gasteiger partial charge >= 0.3 is 0 Å². The zero-order valence-corrected chi connectivity index (χ0v) is 9.33. The zero-order chi connectivity index (χ0) is 10.1. The molecule has 0 fully saturated rings. The van der Waals surface area contributed by atoms with Gasteiger partial charge in [0, 0.05) is 17.3 Å². The minimum atomic E-state index is 0.889. The van der Waals surface area contributed by atoms with Crippen LogP contribution in [0.15, 0.2) is 17.9 Å². The third kappa shape index (κ3) is 1.69. The van der Waals surface area contributed by atoms with Crippen molar-refractivity contribution in [3.63, 3.8) is 0 Å². The van der Waals surface area contributed by atoms with Gasteiger partial charge in [0.15, 0.2) is 0 Å². The zero-order valence-electron chi connectivity index (χ0n) is 8.52. The fourth-order valence-corrected chi connectivity index (χ4v) is 2.76. The highest BCUT2D eigenvalue weighted by Crippen LogP contribution is 2.20. The minimum absolute atomic E-state index is 0.889. The molecule has 2 aromatic heterocycles. The molecule has 1 aliphatic carbocycles. The van der Waals surface area contributed by atoms with Crippen molar-refractivity contribution < 1.29 is 0 Å². The van der Waals surface area contributed by atoms with E-state index < -0.39 is 0 Å². The predicted octanol–water partition coefficient (Wildman–Crippen LogP) is 2.27. The Kier molecular flexibility index (Phi) is 2.29. The van der Waals surface area contributed by atoms with Gasteiger partial charge in [-0.2, -0.15) is 0 Å². The Labute approximate surface area is 92.8 Å². The SMILES string of the molecule is c1csc(Cn2cnc3c2CCCC3)n1. The number of aryl methyl sites for hydroxylation is 1. The number of thiazole rings is 1. The van der Waals surface area contributed by atoms with E-state index in [0.717, 1.165) is 13.0 Å². The summed E-state index contributed by atoms with van der Waals surface area (Å²) in [6, 6.07) is 0. The van der Waals surface area contributed by atoms with Gasteiger partial charge in [-0.3, -0.25) is 0 Å². The van der Waals surface area contributed by atoms with E-state index in [1.165, 1.54) is 35.7 Å². The number of hydrogen-bond donors (Lipinski definition) is 0. The van der Waals surface area contributed by atoms with Crippen molar-refractivity contribution in [3.8, 4) is 0 Å². The summed E-state index contributed by atoms with van der Waals surface area (Å²) in [7, 11) is 0. The first-order valence-corrected chi connectivity index (χ1v) is 6.23. The van der Waals surface area contributed by atoms with Crippen molar-refractivity contribution in [2.75, 3.05) is 0 Å². The molecule has 0 bridgehead atoms. The lowest BCUT2D eigenvalue weighted by Crippen LogP contribution is -2.08. The van der Waals surface area contributed by atoms with E-state index in [4.69, 9.17) is 0 Å². The van der Waals surface area contributed by atoms with Gasteiger partial charge in [-0.25, -0.2) is 9.97 Å². The van der Waals surface area contributed by atoms with Gasteiger partial charge in [0.05, 0.1) is 18.6 Å². The molecule has 0 saturated heterocycles. The van der Waals surface area contributed by atoms with Crippen LogP contribution in [-0.2, 0) is 19.4 Å². The van der Waals surface area contributed by atoms with Crippen LogP contribution in [-0.4, -0.2) is 14.5 Å². The number of nitrogens with zero attached hydrogens (tertiary/aromatic N) is 3. The molecule has 15 heavy (non-hydrogen) atoms. The first-order chi connectivity index (χ1) is 7.43. The van der Waals surface area contributed by atoms with Crippen molar-refractivity contribution >= 4 is 11.3 Å². The Hall–Kier alpha value is -1.16. The van der Waals surface area contributed by atoms with Crippen LogP contribution >= 0.6 is 11.3 Å². The Morgan fingerprint density at radius 2 is 2.20 bits per heavy atom. The fraction of sp³-hybridized carbons (Fsp3) is 0.455. The first kappa shape index (κ1) is 9.09. The third-order valence-corrected chi connectivity index (χ3v) is 3.66. The lowest BCUT2D eigenvalue weighted by molar-refractivity contribution is 0.628. The molecule has 0 amide bonds. The standard InChI is InChI=1S/C11H13N3S/c1-2-4-10-9(3-1)13-8-14(10)7-11-12-5-6-15-11/h5-6,8H,1-4,7H2. The van der Waals surface area contributed by atoms with Crippen LogP contribution in [0.5, 0.6) is 0 Å². The monoisotopic (exact) mass is 219 g/mol. The summed E-state index contributed by atoms with van der Waals surface area (Å²) in [5.74, 6) is 0. The van der Waals surface area contributed by atoms with Crippen molar-refractivity contribution in [1.29, 1.82) is 0 Å². The maximum absolute atomic E-state index is 4.48. The molecule has 0 N–H and O–H groups in total. The topological polar surface area (TPSA) is 30.7 Å². The number of aromatic nitrogens is 3. The average molecular weight is 219 g/mol. The maximum Gasteiger partial charge on any atom is 0.112 e. The second kappa shape index (κ2) is 3.77. The molecule has 0 atom stereocenters. The van der Waals surface area contributed by atoms with Gasteiger partial charge in [0.2, 0.25) is 0 Å². The number of rotatable bonds is 2. The summed E-state index contributed by atoms with van der Waals surface area (Å²) < 4.78 is 2.26. The van der Waals surface area contributed by atoms with Crippen LogP contribution in [0.1, 0.15) is 29.2 Å². The Morgan fingerprint density at radius 3 is 3.07 bits per heavy atom. The maximum atomic E-state index is 4.48. The summed E-state index contributed by atoms with van der Waals surface area (Å²) >= 11 is 1.71. The Morgan fingerprint density at radius 1 is 1.27 bits per heavy atom. The molecule has 78 valence electrons. The molecule has 4 heteroatoms. The third-order valence-electron chi connectivity index (χ3n) is 2.90. The minimum Gasteiger partial charge on any atom is -0.327 e. The van der Waals surface area contributed by atoms with Gasteiger partial charge < -0.3 is 4.57 Å². The summed E-state index contributed by atoms with van der Waals surface area (Å²) in [5.41, 5.74) is 2.73. The van der Waals surface area contributed by atoms with Gasteiger partial charge in [0.25, 0.3) is 0 Å². The molecule has 0 saturated carbocycles. The highest BCUT2D eigenvalue weighted by Gasteiger charge is 2.15. The van der Waals surface area contributed by atoms with E-state index >= 15 is 0 Å². The highest BCUT2D eigenvalue weighted by atomic mass is 32.1. The molecule has 0 aromatic carbocycles. The first-order valence-electron chi connectivity index (χ1n) is 5.35. The van der Waals surface area contributed by atoms with Crippen LogP contribution in [0.3, 0.4) is 0 Å². The summed E-state index contributed by atoms with van der Waals surface area (Å²) in [5, 5.41) is 3.19. The second-order valence-corrected chi connectivity index (χ2v) is 4.88. The van der Waals surface area contributed by atoms with Crippen LogP contribution in [0, 0.1) is 0 Å². The summed E-state index contributed by atoms with van der Waals surface area (Å²) in [6.07, 6.45) is 8.76. The van der Waals surface area contributed by atoms with Gasteiger partial charge in [0.1, 0.15) is 5.01 Å². The highest BCUT2D eigenvalue weighted by molar-refractivity contribution is 7.09. The Bertz CT molecular complexity index is 444.